The monoisotopic (exact) mass is 776 g/mol. The molecule has 9 aromatic carbocycles. The fourth-order valence-electron chi connectivity index (χ4n) is 8.87. The molecule has 0 saturated heterocycles. The van der Waals surface area contributed by atoms with E-state index in [0.29, 0.717) is 0 Å². The number of hydrogen-bond donors (Lipinski definition) is 0. The van der Waals surface area contributed by atoms with E-state index in [-0.39, 0.29) is 0 Å². The lowest BCUT2D eigenvalue weighted by Gasteiger charge is -2.29. The van der Waals surface area contributed by atoms with Crippen molar-refractivity contribution in [2.24, 2.45) is 0 Å². The first-order valence-electron chi connectivity index (χ1n) is 21.7. The lowest BCUT2D eigenvalue weighted by molar-refractivity contribution is 1.12. The summed E-state index contributed by atoms with van der Waals surface area (Å²) in [6.07, 6.45) is 3.91. The SMILES string of the molecule is CCc1cccc(N(c2cccc(CC)c2)c2ccc3c(-c4ccccc4)c4cc(N(c5cccc(CC)c5)c5cccc(CC)c5)ccc4c(-c4ccccc4)c3c2)c1. The van der Waals surface area contributed by atoms with Gasteiger partial charge in [0.2, 0.25) is 0 Å². The molecule has 0 bridgehead atoms. The fraction of sp³-hybridized carbons (Fsp3) is 0.138. The van der Waals surface area contributed by atoms with Crippen LogP contribution in [0.1, 0.15) is 49.9 Å². The summed E-state index contributed by atoms with van der Waals surface area (Å²) in [6, 6.07) is 72.3. The van der Waals surface area contributed by atoms with Crippen molar-refractivity contribution in [3.05, 3.63) is 216 Å². The van der Waals surface area contributed by atoms with Gasteiger partial charge in [-0.3, -0.25) is 0 Å². The van der Waals surface area contributed by atoms with Gasteiger partial charge in [-0.15, -0.1) is 0 Å². The molecule has 60 heavy (non-hydrogen) atoms. The minimum Gasteiger partial charge on any atom is -0.310 e. The molecule has 2 nitrogen and oxygen atoms in total. The van der Waals surface area contributed by atoms with E-state index in [1.807, 2.05) is 0 Å². The van der Waals surface area contributed by atoms with Crippen LogP contribution in [0.4, 0.5) is 34.1 Å². The molecule has 0 fully saturated rings. The van der Waals surface area contributed by atoms with Crippen LogP contribution in [-0.2, 0) is 25.7 Å². The lowest BCUT2D eigenvalue weighted by Crippen LogP contribution is -2.11. The average Bonchev–Trinajstić information content (AvgIpc) is 3.31. The summed E-state index contributed by atoms with van der Waals surface area (Å²) in [5, 5.41) is 4.91. The first-order chi connectivity index (χ1) is 29.6. The molecule has 0 unspecified atom stereocenters. The third-order valence-corrected chi connectivity index (χ3v) is 12.0. The van der Waals surface area contributed by atoms with Crippen LogP contribution in [0.2, 0.25) is 0 Å². The van der Waals surface area contributed by atoms with E-state index in [4.69, 9.17) is 0 Å². The molecule has 0 saturated carbocycles. The predicted octanol–water partition coefficient (Wildman–Crippen LogP) is 16.5. The molecular formula is C58H52N2. The minimum atomic E-state index is 0.979. The van der Waals surface area contributed by atoms with Gasteiger partial charge in [0.1, 0.15) is 0 Å². The second-order valence-corrected chi connectivity index (χ2v) is 15.7. The molecule has 0 aliphatic rings. The van der Waals surface area contributed by atoms with Crippen LogP contribution >= 0.6 is 0 Å². The molecule has 0 radical (unpaired) electrons. The molecule has 9 rings (SSSR count). The molecule has 0 spiro atoms. The lowest BCUT2D eigenvalue weighted by atomic mass is 9.85. The molecule has 0 aliphatic carbocycles. The number of fused-ring (bicyclic) bond motifs is 2. The zero-order valence-corrected chi connectivity index (χ0v) is 35.2. The summed E-state index contributed by atoms with van der Waals surface area (Å²) in [4.78, 5) is 4.88. The molecule has 9 aromatic rings. The number of nitrogens with zero attached hydrogens (tertiary/aromatic N) is 2. The molecule has 2 heteroatoms. The van der Waals surface area contributed by atoms with Crippen molar-refractivity contribution in [3.8, 4) is 22.3 Å². The van der Waals surface area contributed by atoms with Gasteiger partial charge in [-0.25, -0.2) is 0 Å². The largest absolute Gasteiger partial charge is 0.310 e. The Morgan fingerprint density at radius 2 is 0.567 bits per heavy atom. The summed E-state index contributed by atoms with van der Waals surface area (Å²) in [5.74, 6) is 0. The smallest absolute Gasteiger partial charge is 0.0468 e. The predicted molar refractivity (Wildman–Crippen MR) is 259 cm³/mol. The van der Waals surface area contributed by atoms with Crippen molar-refractivity contribution >= 4 is 55.7 Å². The van der Waals surface area contributed by atoms with Crippen LogP contribution in [0.3, 0.4) is 0 Å². The Hall–Kier alpha value is -6.90. The van der Waals surface area contributed by atoms with Crippen LogP contribution in [-0.4, -0.2) is 0 Å². The van der Waals surface area contributed by atoms with E-state index < -0.39 is 0 Å². The molecule has 0 amide bonds. The van der Waals surface area contributed by atoms with Crippen molar-refractivity contribution in [2.75, 3.05) is 9.80 Å². The maximum absolute atomic E-state index is 2.44. The molecule has 0 heterocycles. The molecule has 294 valence electrons. The second kappa shape index (κ2) is 17.1. The highest BCUT2D eigenvalue weighted by Crippen LogP contribution is 2.48. The van der Waals surface area contributed by atoms with Gasteiger partial charge in [0.05, 0.1) is 0 Å². The highest BCUT2D eigenvalue weighted by atomic mass is 15.1. The summed E-state index contributed by atoms with van der Waals surface area (Å²) in [7, 11) is 0. The van der Waals surface area contributed by atoms with E-state index in [9.17, 15) is 0 Å². The quantitative estimate of drug-likeness (QED) is 0.114. The van der Waals surface area contributed by atoms with Gasteiger partial charge in [-0.1, -0.05) is 149 Å². The maximum Gasteiger partial charge on any atom is 0.0468 e. The van der Waals surface area contributed by atoms with Gasteiger partial charge in [-0.05, 0) is 165 Å². The van der Waals surface area contributed by atoms with Crippen LogP contribution in [0, 0.1) is 0 Å². The number of anilines is 6. The van der Waals surface area contributed by atoms with Gasteiger partial charge in [-0.2, -0.15) is 0 Å². The van der Waals surface area contributed by atoms with Gasteiger partial charge < -0.3 is 9.80 Å². The third-order valence-electron chi connectivity index (χ3n) is 12.0. The minimum absolute atomic E-state index is 0.979. The van der Waals surface area contributed by atoms with Crippen molar-refractivity contribution < 1.29 is 0 Å². The van der Waals surface area contributed by atoms with Crippen LogP contribution in [0.15, 0.2) is 194 Å². The van der Waals surface area contributed by atoms with Crippen LogP contribution in [0.25, 0.3) is 43.8 Å². The topological polar surface area (TPSA) is 6.48 Å². The number of hydrogen-bond acceptors (Lipinski definition) is 2. The van der Waals surface area contributed by atoms with Crippen molar-refractivity contribution in [1.82, 2.24) is 0 Å². The Morgan fingerprint density at radius 1 is 0.267 bits per heavy atom. The number of rotatable bonds is 12. The standard InChI is InChI=1S/C58H52N2/c1-5-41-19-15-27-47(35-41)59(48-28-16-20-42(6-2)36-48)51-31-33-53-55(39-51)57(45-23-11-9-12-24-45)54-34-32-52(40-56(54)58(53)46-25-13-10-14-26-46)60(49-29-17-21-43(7-3)37-49)50-30-18-22-44(8-4)38-50/h9-40H,5-8H2,1-4H3. The maximum atomic E-state index is 2.44. The molecule has 0 aromatic heterocycles. The van der Waals surface area contributed by atoms with E-state index in [1.54, 1.807) is 0 Å². The van der Waals surface area contributed by atoms with Gasteiger partial charge >= 0.3 is 0 Å². The Kier molecular flexibility index (Phi) is 11.0. The van der Waals surface area contributed by atoms with Crippen LogP contribution < -0.4 is 9.80 Å². The van der Waals surface area contributed by atoms with E-state index in [0.717, 1.165) is 59.8 Å². The van der Waals surface area contributed by atoms with Crippen LogP contribution in [0.5, 0.6) is 0 Å². The summed E-state index contributed by atoms with van der Waals surface area (Å²) >= 11 is 0. The first kappa shape index (κ1) is 38.6. The Bertz CT molecular complexity index is 2630. The second-order valence-electron chi connectivity index (χ2n) is 15.7. The Labute approximate surface area is 356 Å². The highest BCUT2D eigenvalue weighted by molar-refractivity contribution is 6.22. The molecule has 0 aliphatic heterocycles. The highest BCUT2D eigenvalue weighted by Gasteiger charge is 2.22. The van der Waals surface area contributed by atoms with Crippen molar-refractivity contribution in [1.29, 1.82) is 0 Å². The molecule has 0 N–H and O–H groups in total. The van der Waals surface area contributed by atoms with E-state index in [2.05, 4.69) is 232 Å². The zero-order valence-electron chi connectivity index (χ0n) is 35.2. The summed E-state index contributed by atoms with van der Waals surface area (Å²) in [6.45, 7) is 8.92. The van der Waals surface area contributed by atoms with Gasteiger partial charge in [0.15, 0.2) is 0 Å². The van der Waals surface area contributed by atoms with Gasteiger partial charge in [0, 0.05) is 34.1 Å². The summed E-state index contributed by atoms with van der Waals surface area (Å²) < 4.78 is 0. The van der Waals surface area contributed by atoms with Crippen molar-refractivity contribution in [2.45, 2.75) is 53.4 Å². The fourth-order valence-corrected chi connectivity index (χ4v) is 8.87. The summed E-state index contributed by atoms with van der Waals surface area (Å²) in [5.41, 5.74) is 17.1. The van der Waals surface area contributed by atoms with E-state index in [1.165, 1.54) is 66.1 Å². The molecule has 0 atom stereocenters. The number of aryl methyl sites for hydroxylation is 4. The van der Waals surface area contributed by atoms with Crippen molar-refractivity contribution in [3.63, 3.8) is 0 Å². The average molecular weight is 777 g/mol. The normalized spacial score (nSPS) is 11.3. The third kappa shape index (κ3) is 7.46. The zero-order chi connectivity index (χ0) is 41.0. The molecular weight excluding hydrogens is 725 g/mol. The first-order valence-corrected chi connectivity index (χ1v) is 21.7. The van der Waals surface area contributed by atoms with E-state index >= 15 is 0 Å². The Balaban J connectivity index is 1.36. The Morgan fingerprint density at radius 3 is 0.867 bits per heavy atom. The van der Waals surface area contributed by atoms with Gasteiger partial charge in [0.25, 0.3) is 0 Å². The number of benzene rings is 9.